The van der Waals surface area contributed by atoms with Crippen LogP contribution >= 0.6 is 0 Å². The standard InChI is InChI=1S/C20H20N8O3/c1-12(7-15-10-26(3)25-13(15)2)23-19(29)18-9-17(24-20-21-11-22-27(18)20)14-5-4-6-16(8-14)28(30)31/h4-6,8-12H,7H2,1-3H3,(H,23,29). The monoisotopic (exact) mass is 420 g/mol. The van der Waals surface area contributed by atoms with Gasteiger partial charge in [0.05, 0.1) is 16.3 Å². The molecular formula is C20H20N8O3. The van der Waals surface area contributed by atoms with Crippen molar-refractivity contribution in [2.24, 2.45) is 7.05 Å². The van der Waals surface area contributed by atoms with Gasteiger partial charge in [-0.15, -0.1) is 0 Å². The third kappa shape index (κ3) is 4.10. The number of fused-ring (bicyclic) bond motifs is 1. The molecule has 0 radical (unpaired) electrons. The van der Waals surface area contributed by atoms with E-state index in [0.29, 0.717) is 17.7 Å². The number of aromatic nitrogens is 6. The molecule has 0 saturated heterocycles. The fourth-order valence-corrected chi connectivity index (χ4v) is 3.43. The van der Waals surface area contributed by atoms with E-state index in [4.69, 9.17) is 0 Å². The Morgan fingerprint density at radius 1 is 1.32 bits per heavy atom. The van der Waals surface area contributed by atoms with Crippen LogP contribution in [0, 0.1) is 17.0 Å². The highest BCUT2D eigenvalue weighted by Gasteiger charge is 2.19. The molecule has 11 heteroatoms. The summed E-state index contributed by atoms with van der Waals surface area (Å²) in [5, 5.41) is 22.5. The third-order valence-corrected chi connectivity index (χ3v) is 4.86. The molecule has 4 aromatic rings. The van der Waals surface area contributed by atoms with E-state index >= 15 is 0 Å². The van der Waals surface area contributed by atoms with Crippen molar-refractivity contribution in [2.45, 2.75) is 26.3 Å². The number of nitrogens with zero attached hydrogens (tertiary/aromatic N) is 7. The number of hydrogen-bond acceptors (Lipinski definition) is 7. The molecule has 1 unspecified atom stereocenters. The molecule has 0 aliphatic carbocycles. The second kappa shape index (κ2) is 7.94. The summed E-state index contributed by atoms with van der Waals surface area (Å²) in [6.07, 6.45) is 3.86. The third-order valence-electron chi connectivity index (χ3n) is 4.86. The lowest BCUT2D eigenvalue weighted by atomic mass is 10.1. The fourth-order valence-electron chi connectivity index (χ4n) is 3.43. The van der Waals surface area contributed by atoms with Crippen LogP contribution in [-0.4, -0.2) is 46.2 Å². The summed E-state index contributed by atoms with van der Waals surface area (Å²) in [7, 11) is 1.85. The van der Waals surface area contributed by atoms with E-state index in [2.05, 4.69) is 25.5 Å². The van der Waals surface area contributed by atoms with Crippen LogP contribution in [0.3, 0.4) is 0 Å². The fraction of sp³-hybridized carbons (Fsp3) is 0.250. The smallest absolute Gasteiger partial charge is 0.270 e. The quantitative estimate of drug-likeness (QED) is 0.373. The number of benzene rings is 1. The summed E-state index contributed by atoms with van der Waals surface area (Å²) in [6.45, 7) is 3.84. The van der Waals surface area contributed by atoms with E-state index in [-0.39, 0.29) is 29.1 Å². The Balaban J connectivity index is 1.64. The number of non-ortho nitro benzene ring substituents is 1. The van der Waals surface area contributed by atoms with Gasteiger partial charge in [0.15, 0.2) is 0 Å². The van der Waals surface area contributed by atoms with Crippen LogP contribution in [0.1, 0.15) is 28.7 Å². The number of nitro benzene ring substituents is 1. The molecule has 1 atom stereocenters. The molecule has 0 aliphatic heterocycles. The average molecular weight is 420 g/mol. The number of carbonyl (C=O) groups is 1. The Kier molecular flexibility index (Phi) is 5.15. The van der Waals surface area contributed by atoms with Crippen molar-refractivity contribution in [3.05, 3.63) is 69.9 Å². The first-order valence-corrected chi connectivity index (χ1v) is 9.57. The first kappa shape index (κ1) is 20.1. The summed E-state index contributed by atoms with van der Waals surface area (Å²) in [6, 6.07) is 7.46. The summed E-state index contributed by atoms with van der Waals surface area (Å²) < 4.78 is 3.09. The Hall–Kier alpha value is -4.15. The highest BCUT2D eigenvalue weighted by atomic mass is 16.6. The summed E-state index contributed by atoms with van der Waals surface area (Å²) in [5.41, 5.74) is 3.04. The Morgan fingerprint density at radius 2 is 2.13 bits per heavy atom. The van der Waals surface area contributed by atoms with E-state index in [1.165, 1.54) is 23.0 Å². The normalized spacial score (nSPS) is 12.1. The van der Waals surface area contributed by atoms with Gasteiger partial charge in [-0.25, -0.2) is 4.98 Å². The van der Waals surface area contributed by atoms with Gasteiger partial charge < -0.3 is 5.32 Å². The molecule has 0 bridgehead atoms. The van der Waals surface area contributed by atoms with Crippen LogP contribution in [-0.2, 0) is 13.5 Å². The van der Waals surface area contributed by atoms with Gasteiger partial charge in [-0.05, 0) is 31.9 Å². The van der Waals surface area contributed by atoms with Crippen molar-refractivity contribution < 1.29 is 9.72 Å². The Morgan fingerprint density at radius 3 is 2.84 bits per heavy atom. The lowest BCUT2D eigenvalue weighted by molar-refractivity contribution is -0.384. The molecular weight excluding hydrogens is 400 g/mol. The van der Waals surface area contributed by atoms with Crippen molar-refractivity contribution in [3.8, 4) is 11.3 Å². The van der Waals surface area contributed by atoms with Gasteiger partial charge in [0.2, 0.25) is 0 Å². The van der Waals surface area contributed by atoms with E-state index in [1.807, 2.05) is 27.1 Å². The van der Waals surface area contributed by atoms with Crippen molar-refractivity contribution in [1.29, 1.82) is 0 Å². The van der Waals surface area contributed by atoms with Crippen molar-refractivity contribution in [3.63, 3.8) is 0 Å². The lowest BCUT2D eigenvalue weighted by Crippen LogP contribution is -2.35. The number of hydrogen-bond donors (Lipinski definition) is 1. The zero-order valence-corrected chi connectivity index (χ0v) is 17.2. The number of amides is 1. The molecule has 0 fully saturated rings. The van der Waals surface area contributed by atoms with Gasteiger partial charge in [-0.3, -0.25) is 19.6 Å². The molecule has 4 rings (SSSR count). The molecule has 0 spiro atoms. The molecule has 1 N–H and O–H groups in total. The van der Waals surface area contributed by atoms with Crippen molar-refractivity contribution >= 4 is 17.4 Å². The largest absolute Gasteiger partial charge is 0.348 e. The van der Waals surface area contributed by atoms with Crippen LogP contribution < -0.4 is 5.32 Å². The van der Waals surface area contributed by atoms with Gasteiger partial charge in [-0.2, -0.15) is 19.7 Å². The second-order valence-electron chi connectivity index (χ2n) is 7.30. The molecule has 0 saturated carbocycles. The molecule has 158 valence electrons. The van der Waals surface area contributed by atoms with Crippen molar-refractivity contribution in [2.75, 3.05) is 0 Å². The number of nitrogens with one attached hydrogen (secondary N) is 1. The van der Waals surface area contributed by atoms with Gasteiger partial charge >= 0.3 is 0 Å². The molecule has 3 heterocycles. The maximum atomic E-state index is 13.0. The minimum absolute atomic E-state index is 0.0629. The zero-order valence-electron chi connectivity index (χ0n) is 17.2. The Labute approximate surface area is 176 Å². The summed E-state index contributed by atoms with van der Waals surface area (Å²) >= 11 is 0. The van der Waals surface area contributed by atoms with Crippen molar-refractivity contribution in [1.82, 2.24) is 34.7 Å². The molecule has 0 aliphatic rings. The SMILES string of the molecule is Cc1nn(C)cc1CC(C)NC(=O)c1cc(-c2cccc([N+](=O)[O-])c2)nc2ncnn12. The lowest BCUT2D eigenvalue weighted by Gasteiger charge is -2.14. The zero-order chi connectivity index (χ0) is 22.1. The first-order valence-electron chi connectivity index (χ1n) is 9.57. The van der Waals surface area contributed by atoms with Crippen LogP contribution in [0.25, 0.3) is 17.0 Å². The molecule has 3 aromatic heterocycles. The van der Waals surface area contributed by atoms with E-state index < -0.39 is 4.92 Å². The number of carbonyl (C=O) groups excluding carboxylic acids is 1. The first-order chi connectivity index (χ1) is 14.8. The molecule has 1 aromatic carbocycles. The van der Waals surface area contributed by atoms with Gasteiger partial charge in [0.25, 0.3) is 17.4 Å². The van der Waals surface area contributed by atoms with E-state index in [0.717, 1.165) is 11.3 Å². The van der Waals surface area contributed by atoms with Gasteiger partial charge in [0, 0.05) is 37.0 Å². The van der Waals surface area contributed by atoms with E-state index in [9.17, 15) is 14.9 Å². The number of rotatable bonds is 6. The number of aryl methyl sites for hydroxylation is 2. The van der Waals surface area contributed by atoms with Crippen LogP contribution in [0.5, 0.6) is 0 Å². The molecule has 31 heavy (non-hydrogen) atoms. The minimum atomic E-state index is -0.477. The highest BCUT2D eigenvalue weighted by Crippen LogP contribution is 2.23. The van der Waals surface area contributed by atoms with Gasteiger partial charge in [0.1, 0.15) is 12.0 Å². The summed E-state index contributed by atoms with van der Waals surface area (Å²) in [4.78, 5) is 32.2. The summed E-state index contributed by atoms with van der Waals surface area (Å²) in [5.74, 6) is -0.122. The average Bonchev–Trinajstić information content (AvgIpc) is 3.32. The number of nitro groups is 1. The predicted molar refractivity (Wildman–Crippen MR) is 111 cm³/mol. The van der Waals surface area contributed by atoms with Crippen LogP contribution in [0.15, 0.2) is 42.9 Å². The van der Waals surface area contributed by atoms with Crippen LogP contribution in [0.4, 0.5) is 5.69 Å². The van der Waals surface area contributed by atoms with Crippen LogP contribution in [0.2, 0.25) is 0 Å². The maximum absolute atomic E-state index is 13.0. The molecule has 11 nitrogen and oxygen atoms in total. The Bertz CT molecular complexity index is 1290. The maximum Gasteiger partial charge on any atom is 0.270 e. The second-order valence-corrected chi connectivity index (χ2v) is 7.30. The minimum Gasteiger partial charge on any atom is -0.348 e. The van der Waals surface area contributed by atoms with Gasteiger partial charge in [-0.1, -0.05) is 12.1 Å². The molecule has 1 amide bonds. The highest BCUT2D eigenvalue weighted by molar-refractivity contribution is 5.94. The topological polar surface area (TPSA) is 133 Å². The van der Waals surface area contributed by atoms with E-state index in [1.54, 1.807) is 22.9 Å². The predicted octanol–water partition coefficient (Wildman–Crippen LogP) is 2.10.